The molecular formula is C8H13BO2Y. The number of hydrogen-bond donors (Lipinski definition) is 1. The molecule has 0 aromatic carbocycles. The van der Waals surface area contributed by atoms with E-state index in [4.69, 9.17) is 13.0 Å². The second-order valence-corrected chi connectivity index (χ2v) is 2.33. The van der Waals surface area contributed by atoms with Crippen molar-refractivity contribution in [2.24, 2.45) is 0 Å². The van der Waals surface area contributed by atoms with E-state index in [1.807, 2.05) is 12.2 Å². The zero-order valence-corrected chi connectivity index (χ0v) is 10.0. The summed E-state index contributed by atoms with van der Waals surface area (Å²) >= 11 is 0. The van der Waals surface area contributed by atoms with Crippen LogP contribution in [0.15, 0.2) is 12.2 Å². The van der Waals surface area contributed by atoms with E-state index in [2.05, 4.69) is 0 Å². The van der Waals surface area contributed by atoms with E-state index in [0.29, 0.717) is 6.32 Å². The van der Waals surface area contributed by atoms with E-state index in [0.717, 1.165) is 19.3 Å². The Morgan fingerprint density at radius 1 is 1.33 bits per heavy atom. The number of unbranched alkanes of at least 4 members (excludes halogenated alkanes) is 1. The molecule has 0 aliphatic heterocycles. The Balaban J connectivity index is 0. The van der Waals surface area contributed by atoms with Gasteiger partial charge in [-0.2, -0.15) is 0 Å². The van der Waals surface area contributed by atoms with Gasteiger partial charge in [0.1, 0.15) is 0 Å². The van der Waals surface area contributed by atoms with Gasteiger partial charge < -0.3 is 5.11 Å². The average molecular weight is 241 g/mol. The van der Waals surface area contributed by atoms with Gasteiger partial charge in [0.15, 0.2) is 0 Å². The Labute approximate surface area is 100 Å². The molecule has 1 N–H and O–H groups in total. The van der Waals surface area contributed by atoms with Gasteiger partial charge in [0.2, 0.25) is 0 Å². The number of carbonyl (C=O) groups is 1. The van der Waals surface area contributed by atoms with Crippen LogP contribution in [0.2, 0.25) is 6.32 Å². The zero-order valence-electron chi connectivity index (χ0n) is 7.20. The summed E-state index contributed by atoms with van der Waals surface area (Å²) in [6.45, 7) is 0. The van der Waals surface area contributed by atoms with E-state index in [1.54, 1.807) is 0 Å². The van der Waals surface area contributed by atoms with Gasteiger partial charge in [-0.3, -0.25) is 4.79 Å². The molecule has 0 aliphatic carbocycles. The molecule has 0 aromatic rings. The predicted octanol–water partition coefficient (Wildman–Crippen LogP) is 1.77. The molecule has 0 saturated heterocycles. The van der Waals surface area contributed by atoms with Crippen molar-refractivity contribution >= 4 is 13.8 Å². The Morgan fingerprint density at radius 2 is 1.92 bits per heavy atom. The molecule has 0 aromatic heterocycles. The van der Waals surface area contributed by atoms with Gasteiger partial charge in [-0.1, -0.05) is 18.5 Å². The molecule has 0 saturated carbocycles. The maximum absolute atomic E-state index is 10.0. The molecule has 3 radical (unpaired) electrons. The van der Waals surface area contributed by atoms with Crippen LogP contribution < -0.4 is 0 Å². The summed E-state index contributed by atoms with van der Waals surface area (Å²) in [6, 6.07) is 0. The molecular weight excluding hydrogens is 228 g/mol. The second-order valence-electron chi connectivity index (χ2n) is 2.33. The smallest absolute Gasteiger partial charge is 0.303 e. The third-order valence-corrected chi connectivity index (χ3v) is 1.26. The first-order valence-corrected chi connectivity index (χ1v) is 3.84. The molecule has 4 heteroatoms. The van der Waals surface area contributed by atoms with Crippen LogP contribution in [0.1, 0.15) is 25.7 Å². The van der Waals surface area contributed by atoms with Crippen molar-refractivity contribution < 1.29 is 42.6 Å². The Hall–Kier alpha value is 0.379. The van der Waals surface area contributed by atoms with Crippen LogP contribution in [0, 0.1) is 0 Å². The first kappa shape index (κ1) is 14.9. The average Bonchev–Trinajstić information content (AvgIpc) is 1.96. The molecule has 0 atom stereocenters. The van der Waals surface area contributed by atoms with E-state index in [1.165, 1.54) is 0 Å². The van der Waals surface area contributed by atoms with Gasteiger partial charge in [0, 0.05) is 39.1 Å². The summed E-state index contributed by atoms with van der Waals surface area (Å²) < 4.78 is 0. The number of allylic oxidation sites excluding steroid dienone is 2. The van der Waals surface area contributed by atoms with Crippen molar-refractivity contribution in [3.63, 3.8) is 0 Å². The molecule has 0 amide bonds. The molecule has 0 spiro atoms. The Bertz CT molecular complexity index is 137. The van der Waals surface area contributed by atoms with Gasteiger partial charge in [0.25, 0.3) is 0 Å². The number of hydrogen-bond acceptors (Lipinski definition) is 1. The molecule has 0 aliphatic rings. The second kappa shape index (κ2) is 11.4. The van der Waals surface area contributed by atoms with Gasteiger partial charge in [-0.15, -0.1) is 0 Å². The standard InChI is InChI=1S/C8H13BO2.Y/c9-7-5-3-1-2-4-6-8(10)11;/h1,3H,2,4-7H2,(H,10,11);/b3-1-;. The van der Waals surface area contributed by atoms with Crippen molar-refractivity contribution in [2.45, 2.75) is 32.0 Å². The number of rotatable bonds is 6. The molecule has 12 heavy (non-hydrogen) atoms. The molecule has 0 heterocycles. The van der Waals surface area contributed by atoms with Crippen LogP contribution in [0.3, 0.4) is 0 Å². The molecule has 0 rings (SSSR count). The normalized spacial score (nSPS) is 9.67. The summed E-state index contributed by atoms with van der Waals surface area (Å²) in [5.41, 5.74) is 0. The number of carboxylic acid groups (broad SMARTS) is 1. The van der Waals surface area contributed by atoms with Gasteiger partial charge >= 0.3 is 5.97 Å². The summed E-state index contributed by atoms with van der Waals surface area (Å²) in [4.78, 5) is 10.0. The van der Waals surface area contributed by atoms with E-state index >= 15 is 0 Å². The fourth-order valence-corrected chi connectivity index (χ4v) is 0.703. The van der Waals surface area contributed by atoms with Crippen molar-refractivity contribution in [1.29, 1.82) is 0 Å². The van der Waals surface area contributed by atoms with Crippen LogP contribution in [-0.4, -0.2) is 18.9 Å². The quantitative estimate of drug-likeness (QED) is 0.437. The van der Waals surface area contributed by atoms with Crippen LogP contribution in [0.5, 0.6) is 0 Å². The summed E-state index contributed by atoms with van der Waals surface area (Å²) in [7, 11) is 5.25. The Kier molecular flexibility index (Phi) is 14.1. The van der Waals surface area contributed by atoms with Gasteiger partial charge in [-0.25, -0.2) is 0 Å². The fourth-order valence-electron chi connectivity index (χ4n) is 0.703. The fraction of sp³-hybridized carbons (Fsp3) is 0.625. The van der Waals surface area contributed by atoms with Crippen molar-refractivity contribution in [3.8, 4) is 0 Å². The Morgan fingerprint density at radius 3 is 2.42 bits per heavy atom. The van der Waals surface area contributed by atoms with E-state index < -0.39 is 5.97 Å². The SMILES string of the molecule is [B]CC/C=C\CCCC(=O)O.[Y]. The van der Waals surface area contributed by atoms with Crippen LogP contribution in [0.4, 0.5) is 0 Å². The first-order valence-electron chi connectivity index (χ1n) is 3.84. The minimum absolute atomic E-state index is 0. The third kappa shape index (κ3) is 13.0. The van der Waals surface area contributed by atoms with Gasteiger partial charge in [0.05, 0.1) is 7.85 Å². The van der Waals surface area contributed by atoms with Crippen LogP contribution in [-0.2, 0) is 37.5 Å². The third-order valence-electron chi connectivity index (χ3n) is 1.26. The van der Waals surface area contributed by atoms with E-state index in [9.17, 15) is 4.79 Å². The molecule has 0 fully saturated rings. The predicted molar refractivity (Wildman–Crippen MR) is 45.8 cm³/mol. The van der Waals surface area contributed by atoms with Crippen molar-refractivity contribution in [1.82, 2.24) is 0 Å². The topological polar surface area (TPSA) is 37.3 Å². The monoisotopic (exact) mass is 241 g/mol. The molecule has 2 nitrogen and oxygen atoms in total. The van der Waals surface area contributed by atoms with Crippen LogP contribution in [0.25, 0.3) is 0 Å². The zero-order chi connectivity index (χ0) is 8.53. The minimum Gasteiger partial charge on any atom is -0.481 e. The summed E-state index contributed by atoms with van der Waals surface area (Å²) in [5.74, 6) is -0.725. The van der Waals surface area contributed by atoms with Gasteiger partial charge in [-0.05, 0) is 19.3 Å². The molecule has 0 unspecified atom stereocenters. The van der Waals surface area contributed by atoms with Crippen molar-refractivity contribution in [3.05, 3.63) is 12.2 Å². The maximum atomic E-state index is 10.0. The van der Waals surface area contributed by atoms with E-state index in [-0.39, 0.29) is 39.1 Å². The maximum Gasteiger partial charge on any atom is 0.303 e. The van der Waals surface area contributed by atoms with Crippen LogP contribution >= 0.6 is 0 Å². The first-order chi connectivity index (χ1) is 5.27. The minimum atomic E-state index is -0.725. The summed E-state index contributed by atoms with van der Waals surface area (Å²) in [5, 5.41) is 8.27. The number of aliphatic carboxylic acids is 1. The largest absolute Gasteiger partial charge is 0.481 e. The summed E-state index contributed by atoms with van der Waals surface area (Å²) in [6.07, 6.45) is 7.33. The van der Waals surface area contributed by atoms with Crippen molar-refractivity contribution in [2.75, 3.05) is 0 Å². The molecule has 0 bridgehead atoms. The number of carboxylic acids is 1. The molecule has 63 valence electrons.